The van der Waals surface area contributed by atoms with Crippen molar-refractivity contribution in [2.45, 2.75) is 44.1 Å². The zero-order valence-electron chi connectivity index (χ0n) is 11.2. The number of rotatable bonds is 3. The molecule has 3 heterocycles. The van der Waals surface area contributed by atoms with E-state index in [1.165, 1.54) is 0 Å². The van der Waals surface area contributed by atoms with Crippen molar-refractivity contribution in [2.75, 3.05) is 19.7 Å². The van der Waals surface area contributed by atoms with E-state index in [2.05, 4.69) is 10.2 Å². The van der Waals surface area contributed by atoms with Gasteiger partial charge >= 0.3 is 0 Å². The first-order valence-electron chi connectivity index (χ1n) is 7.21. The molecule has 5 nitrogen and oxygen atoms in total. The molecule has 2 saturated heterocycles. The van der Waals surface area contributed by atoms with Gasteiger partial charge in [-0.15, -0.1) is 0 Å². The van der Waals surface area contributed by atoms with Gasteiger partial charge in [-0.25, -0.2) is 0 Å². The van der Waals surface area contributed by atoms with Crippen LogP contribution in [-0.4, -0.2) is 46.8 Å². The highest BCUT2D eigenvalue weighted by Crippen LogP contribution is 2.26. The van der Waals surface area contributed by atoms with Crippen LogP contribution < -0.4 is 0 Å². The smallest absolute Gasteiger partial charge is 0.225 e. The number of H-pyrrole nitrogens is 1. The average molecular weight is 263 g/mol. The summed E-state index contributed by atoms with van der Waals surface area (Å²) in [5.74, 6) is 0.654. The maximum absolute atomic E-state index is 12.3. The number of aromatic nitrogens is 2. The number of aromatic amines is 1. The molecule has 2 aliphatic rings. The minimum absolute atomic E-state index is 0.153. The van der Waals surface area contributed by atoms with Crippen molar-refractivity contribution in [2.24, 2.45) is 0 Å². The molecule has 1 aromatic heterocycles. The van der Waals surface area contributed by atoms with E-state index >= 15 is 0 Å². The Morgan fingerprint density at radius 1 is 1.47 bits per heavy atom. The van der Waals surface area contributed by atoms with Crippen LogP contribution in [0.1, 0.15) is 43.7 Å². The molecule has 0 spiro atoms. The molecule has 19 heavy (non-hydrogen) atoms. The van der Waals surface area contributed by atoms with Gasteiger partial charge in [0.2, 0.25) is 5.91 Å². The SMILES string of the molecule is O=C(C[C@@H]1CCCO1)N1CCC[C@H](c2ccn[nH]2)C1. The Bertz CT molecular complexity index is 412. The van der Waals surface area contributed by atoms with E-state index in [0.717, 1.165) is 51.1 Å². The normalized spacial score (nSPS) is 27.7. The van der Waals surface area contributed by atoms with Crippen molar-refractivity contribution in [1.29, 1.82) is 0 Å². The van der Waals surface area contributed by atoms with Crippen molar-refractivity contribution in [3.63, 3.8) is 0 Å². The topological polar surface area (TPSA) is 58.2 Å². The van der Waals surface area contributed by atoms with Crippen LogP contribution in [-0.2, 0) is 9.53 Å². The van der Waals surface area contributed by atoms with Gasteiger partial charge in [0, 0.05) is 37.5 Å². The maximum Gasteiger partial charge on any atom is 0.225 e. The van der Waals surface area contributed by atoms with Gasteiger partial charge in [0.25, 0.3) is 0 Å². The lowest BCUT2D eigenvalue weighted by atomic mass is 9.94. The molecule has 0 bridgehead atoms. The first-order chi connectivity index (χ1) is 9.33. The number of hydrogen-bond acceptors (Lipinski definition) is 3. The van der Waals surface area contributed by atoms with Crippen LogP contribution in [0.5, 0.6) is 0 Å². The zero-order chi connectivity index (χ0) is 13.1. The van der Waals surface area contributed by atoms with E-state index in [-0.39, 0.29) is 12.0 Å². The lowest BCUT2D eigenvalue weighted by Gasteiger charge is -2.32. The van der Waals surface area contributed by atoms with Crippen LogP contribution in [0.2, 0.25) is 0 Å². The van der Waals surface area contributed by atoms with Gasteiger partial charge < -0.3 is 9.64 Å². The number of likely N-dealkylation sites (tertiary alicyclic amines) is 1. The monoisotopic (exact) mass is 263 g/mol. The van der Waals surface area contributed by atoms with Gasteiger partial charge in [-0.2, -0.15) is 5.10 Å². The van der Waals surface area contributed by atoms with Crippen LogP contribution in [0, 0.1) is 0 Å². The number of hydrogen-bond donors (Lipinski definition) is 1. The third-order valence-corrected chi connectivity index (χ3v) is 4.16. The summed E-state index contributed by atoms with van der Waals surface area (Å²) in [5.41, 5.74) is 1.15. The minimum Gasteiger partial charge on any atom is -0.378 e. The van der Waals surface area contributed by atoms with Crippen LogP contribution in [0.3, 0.4) is 0 Å². The second-order valence-electron chi connectivity index (χ2n) is 5.53. The Morgan fingerprint density at radius 3 is 3.16 bits per heavy atom. The van der Waals surface area contributed by atoms with Gasteiger partial charge in [0.1, 0.15) is 0 Å². The lowest BCUT2D eigenvalue weighted by molar-refractivity contribution is -0.134. The number of amides is 1. The molecule has 0 radical (unpaired) electrons. The molecule has 1 N–H and O–H groups in total. The number of carbonyl (C=O) groups excluding carboxylic acids is 1. The lowest BCUT2D eigenvalue weighted by Crippen LogP contribution is -2.40. The Kier molecular flexibility index (Phi) is 3.82. The van der Waals surface area contributed by atoms with E-state index in [9.17, 15) is 4.79 Å². The fourth-order valence-corrected chi connectivity index (χ4v) is 3.08. The highest BCUT2D eigenvalue weighted by molar-refractivity contribution is 5.77. The van der Waals surface area contributed by atoms with Crippen LogP contribution in [0.25, 0.3) is 0 Å². The summed E-state index contributed by atoms with van der Waals surface area (Å²) in [4.78, 5) is 14.3. The van der Waals surface area contributed by atoms with E-state index in [4.69, 9.17) is 4.74 Å². The Hall–Kier alpha value is -1.36. The average Bonchev–Trinajstić information content (AvgIpc) is 3.12. The molecule has 2 atom stereocenters. The van der Waals surface area contributed by atoms with Gasteiger partial charge in [0.05, 0.1) is 12.5 Å². The zero-order valence-corrected chi connectivity index (χ0v) is 11.2. The number of carbonyl (C=O) groups is 1. The summed E-state index contributed by atoms with van der Waals surface area (Å²) < 4.78 is 5.55. The minimum atomic E-state index is 0.153. The summed E-state index contributed by atoms with van der Waals surface area (Å²) in [6, 6.07) is 2.01. The maximum atomic E-state index is 12.3. The summed E-state index contributed by atoms with van der Waals surface area (Å²) in [5, 5.41) is 7.03. The van der Waals surface area contributed by atoms with Crippen molar-refractivity contribution < 1.29 is 9.53 Å². The van der Waals surface area contributed by atoms with Gasteiger partial charge in [0.15, 0.2) is 0 Å². The number of piperidine rings is 1. The van der Waals surface area contributed by atoms with E-state index in [0.29, 0.717) is 12.3 Å². The molecule has 5 heteroatoms. The molecule has 1 amide bonds. The molecular weight excluding hydrogens is 242 g/mol. The van der Waals surface area contributed by atoms with Crippen molar-refractivity contribution >= 4 is 5.91 Å². The fraction of sp³-hybridized carbons (Fsp3) is 0.714. The Labute approximate surface area is 113 Å². The van der Waals surface area contributed by atoms with Gasteiger partial charge in [-0.05, 0) is 31.7 Å². The van der Waals surface area contributed by atoms with Crippen LogP contribution in [0.4, 0.5) is 0 Å². The molecule has 0 aliphatic carbocycles. The molecule has 2 aliphatic heterocycles. The summed E-state index contributed by atoms with van der Waals surface area (Å²) in [7, 11) is 0. The van der Waals surface area contributed by atoms with E-state index in [1.54, 1.807) is 6.20 Å². The number of nitrogens with zero attached hydrogens (tertiary/aromatic N) is 2. The second-order valence-corrected chi connectivity index (χ2v) is 5.53. The molecule has 2 fully saturated rings. The van der Waals surface area contributed by atoms with Gasteiger partial charge in [-0.3, -0.25) is 9.89 Å². The molecule has 0 unspecified atom stereocenters. The van der Waals surface area contributed by atoms with E-state index in [1.807, 2.05) is 11.0 Å². The van der Waals surface area contributed by atoms with E-state index < -0.39 is 0 Å². The van der Waals surface area contributed by atoms with Gasteiger partial charge in [-0.1, -0.05) is 0 Å². The van der Waals surface area contributed by atoms with Crippen molar-refractivity contribution in [3.05, 3.63) is 18.0 Å². The third kappa shape index (κ3) is 2.97. The largest absolute Gasteiger partial charge is 0.378 e. The Balaban J connectivity index is 1.56. The molecule has 104 valence electrons. The molecule has 0 aromatic carbocycles. The fourth-order valence-electron chi connectivity index (χ4n) is 3.08. The number of nitrogens with one attached hydrogen (secondary N) is 1. The Morgan fingerprint density at radius 2 is 2.42 bits per heavy atom. The second kappa shape index (κ2) is 5.74. The molecular formula is C14H21N3O2. The highest BCUT2D eigenvalue weighted by Gasteiger charge is 2.28. The highest BCUT2D eigenvalue weighted by atomic mass is 16.5. The summed E-state index contributed by atoms with van der Waals surface area (Å²) in [6.07, 6.45) is 6.81. The predicted molar refractivity (Wildman–Crippen MR) is 70.7 cm³/mol. The summed E-state index contributed by atoms with van der Waals surface area (Å²) >= 11 is 0. The molecule has 0 saturated carbocycles. The van der Waals surface area contributed by atoms with Crippen LogP contribution >= 0.6 is 0 Å². The predicted octanol–water partition coefficient (Wildman–Crippen LogP) is 1.68. The first kappa shape index (κ1) is 12.7. The summed E-state index contributed by atoms with van der Waals surface area (Å²) in [6.45, 7) is 2.51. The first-order valence-corrected chi connectivity index (χ1v) is 7.21. The van der Waals surface area contributed by atoms with Crippen molar-refractivity contribution in [1.82, 2.24) is 15.1 Å². The quantitative estimate of drug-likeness (QED) is 0.902. The number of ether oxygens (including phenoxy) is 1. The third-order valence-electron chi connectivity index (χ3n) is 4.16. The van der Waals surface area contributed by atoms with Crippen molar-refractivity contribution in [3.8, 4) is 0 Å². The molecule has 3 rings (SSSR count). The molecule has 1 aromatic rings. The van der Waals surface area contributed by atoms with Crippen LogP contribution in [0.15, 0.2) is 12.3 Å². The standard InChI is InChI=1S/C14H21N3O2/c18-14(9-12-4-2-8-19-12)17-7-1-3-11(10-17)13-5-6-15-16-13/h5-6,11-12H,1-4,7-10H2,(H,15,16)/t11-,12-/m0/s1.